The van der Waals surface area contributed by atoms with Gasteiger partial charge in [0, 0.05) is 18.5 Å². The molecule has 1 aromatic heterocycles. The summed E-state index contributed by atoms with van der Waals surface area (Å²) in [5, 5.41) is 13.1. The third-order valence-corrected chi connectivity index (χ3v) is 5.86. The number of urea groups is 1. The quantitative estimate of drug-likeness (QED) is 0.385. The van der Waals surface area contributed by atoms with Crippen molar-refractivity contribution >= 4 is 32.6 Å². The van der Waals surface area contributed by atoms with Gasteiger partial charge in [-0.1, -0.05) is 6.07 Å². The summed E-state index contributed by atoms with van der Waals surface area (Å²) in [6.07, 6.45) is 3.07. The highest BCUT2D eigenvalue weighted by molar-refractivity contribution is 7.22. The fourth-order valence-corrected chi connectivity index (χ4v) is 3.88. The Balaban J connectivity index is 1.87. The molecule has 0 radical (unpaired) electrons. The lowest BCUT2D eigenvalue weighted by Crippen LogP contribution is -2.43. The number of hydrogen-bond acceptors (Lipinski definition) is 5. The van der Waals surface area contributed by atoms with E-state index in [0.717, 1.165) is 15.8 Å². The molecule has 2 heterocycles. The maximum Gasteiger partial charge on any atom is 0.332 e. The molecular formula is C22H27FN5O3P. The zero-order chi connectivity index (χ0) is 23.8. The minimum Gasteiger partial charge on any atom is -0.494 e. The number of rotatable bonds is 7. The second kappa shape index (κ2) is 8.82. The summed E-state index contributed by atoms with van der Waals surface area (Å²) in [5.74, 6) is -0.814. The van der Waals surface area contributed by atoms with Gasteiger partial charge in [0.2, 0.25) is 0 Å². The highest BCUT2D eigenvalue weighted by Gasteiger charge is 2.52. The highest BCUT2D eigenvalue weighted by Crippen LogP contribution is 2.33. The maximum atomic E-state index is 14.1. The van der Waals surface area contributed by atoms with Crippen LogP contribution >= 0.6 is 9.24 Å². The lowest BCUT2D eigenvalue weighted by Gasteiger charge is -2.27. The number of allylic oxidation sites excluding steroid dienone is 2. The number of amides is 3. The number of hydrogen-bond donors (Lipinski definition) is 1. The maximum absolute atomic E-state index is 14.1. The van der Waals surface area contributed by atoms with Crippen LogP contribution in [0.25, 0.3) is 0 Å². The average Bonchev–Trinajstić information content (AvgIpc) is 3.23. The number of nitrogens with zero attached hydrogens (tertiary/aromatic N) is 4. The predicted molar refractivity (Wildman–Crippen MR) is 123 cm³/mol. The van der Waals surface area contributed by atoms with E-state index in [-0.39, 0.29) is 12.3 Å². The summed E-state index contributed by atoms with van der Waals surface area (Å²) < 4.78 is 20.6. The van der Waals surface area contributed by atoms with Crippen LogP contribution in [0.15, 0.2) is 41.5 Å². The normalized spacial score (nSPS) is 16.5. The largest absolute Gasteiger partial charge is 0.494 e. The van der Waals surface area contributed by atoms with E-state index in [0.29, 0.717) is 23.5 Å². The Hall–Kier alpha value is -3.06. The van der Waals surface area contributed by atoms with Crippen molar-refractivity contribution < 1.29 is 18.7 Å². The molecule has 0 bridgehead atoms. The van der Waals surface area contributed by atoms with Gasteiger partial charge in [-0.3, -0.25) is 9.48 Å². The minimum absolute atomic E-state index is 0.0647. The van der Waals surface area contributed by atoms with Crippen molar-refractivity contribution in [1.29, 1.82) is 5.41 Å². The van der Waals surface area contributed by atoms with Crippen molar-refractivity contribution in [1.82, 2.24) is 14.7 Å². The molecule has 1 aromatic carbocycles. The molecule has 3 amide bonds. The zero-order valence-electron chi connectivity index (χ0n) is 18.8. The Morgan fingerprint density at radius 2 is 1.97 bits per heavy atom. The fourth-order valence-electron chi connectivity index (χ4n) is 3.58. The van der Waals surface area contributed by atoms with Crippen molar-refractivity contribution in [3.05, 3.63) is 52.9 Å². The summed E-state index contributed by atoms with van der Waals surface area (Å²) in [6.45, 7) is 7.32. The van der Waals surface area contributed by atoms with Crippen LogP contribution < -0.4 is 9.64 Å². The molecule has 1 aliphatic heterocycles. The van der Waals surface area contributed by atoms with Gasteiger partial charge in [-0.05, 0) is 56.3 Å². The number of imide groups is 1. The molecule has 1 N–H and O–H groups in total. The molecule has 1 saturated heterocycles. The third kappa shape index (κ3) is 4.30. The molecule has 3 rings (SSSR count). The lowest BCUT2D eigenvalue weighted by molar-refractivity contribution is -0.123. The van der Waals surface area contributed by atoms with Crippen LogP contribution in [-0.2, 0) is 17.9 Å². The van der Waals surface area contributed by atoms with E-state index in [9.17, 15) is 14.0 Å². The van der Waals surface area contributed by atoms with Crippen molar-refractivity contribution in [2.75, 3.05) is 12.0 Å². The fraction of sp³-hybridized carbons (Fsp3) is 0.364. The van der Waals surface area contributed by atoms with Gasteiger partial charge in [0.1, 0.15) is 5.54 Å². The van der Waals surface area contributed by atoms with Crippen molar-refractivity contribution in [3.63, 3.8) is 0 Å². The molecule has 32 heavy (non-hydrogen) atoms. The van der Waals surface area contributed by atoms with Gasteiger partial charge in [0.05, 0.1) is 25.5 Å². The van der Waals surface area contributed by atoms with Gasteiger partial charge >= 0.3 is 6.03 Å². The van der Waals surface area contributed by atoms with E-state index in [1.807, 2.05) is 6.92 Å². The van der Waals surface area contributed by atoms with E-state index in [1.165, 1.54) is 30.3 Å². The molecule has 1 unspecified atom stereocenters. The number of methoxy groups -OCH3 is 1. The first-order valence-corrected chi connectivity index (χ1v) is 10.6. The number of carbonyl (C=O) groups excluding carboxylic acids is 2. The van der Waals surface area contributed by atoms with E-state index in [2.05, 4.69) is 14.3 Å². The van der Waals surface area contributed by atoms with Crippen LogP contribution in [0.3, 0.4) is 0 Å². The monoisotopic (exact) mass is 459 g/mol. The molecule has 10 heteroatoms. The zero-order valence-corrected chi connectivity index (χ0v) is 19.9. The van der Waals surface area contributed by atoms with Crippen molar-refractivity contribution in [2.24, 2.45) is 0 Å². The summed E-state index contributed by atoms with van der Waals surface area (Å²) in [6, 6.07) is 3.95. The number of halogens is 1. The standard InChI is InChI=1S/C22H27FN5O3P/c1-13(24)17(14(2)32)12-26-11-16(9-25-26)28-20(29)22(3,4)27(21(28)30)10-15-6-7-19(31-5)18(23)8-15/h6-9,11,24H,10,12,32H2,1-5H3. The number of ether oxygens (including phenoxy) is 1. The van der Waals surface area contributed by atoms with Crippen LogP contribution in [0.1, 0.15) is 33.3 Å². The molecule has 2 aromatic rings. The second-order valence-corrected chi connectivity index (χ2v) is 9.09. The van der Waals surface area contributed by atoms with Crippen LogP contribution in [0, 0.1) is 11.2 Å². The molecule has 1 fully saturated rings. The van der Waals surface area contributed by atoms with Crippen LogP contribution in [0.2, 0.25) is 0 Å². The molecule has 0 saturated carbocycles. The second-order valence-electron chi connectivity index (χ2n) is 8.22. The Morgan fingerprint density at radius 1 is 1.28 bits per heavy atom. The van der Waals surface area contributed by atoms with Gasteiger partial charge in [-0.2, -0.15) is 5.10 Å². The summed E-state index contributed by atoms with van der Waals surface area (Å²) in [4.78, 5) is 28.9. The Labute approximate surface area is 188 Å². The predicted octanol–water partition coefficient (Wildman–Crippen LogP) is 3.97. The number of benzene rings is 1. The molecule has 0 spiro atoms. The van der Waals surface area contributed by atoms with Gasteiger partial charge in [0.25, 0.3) is 5.91 Å². The number of nitrogens with one attached hydrogen (secondary N) is 1. The lowest BCUT2D eigenvalue weighted by atomic mass is 10.0. The van der Waals surface area contributed by atoms with E-state index < -0.39 is 23.3 Å². The molecule has 1 atom stereocenters. The van der Waals surface area contributed by atoms with E-state index >= 15 is 0 Å². The Kier molecular flexibility index (Phi) is 6.51. The highest BCUT2D eigenvalue weighted by atomic mass is 31.0. The Bertz CT molecular complexity index is 1120. The van der Waals surface area contributed by atoms with E-state index in [1.54, 1.807) is 37.7 Å². The first-order valence-electron chi connectivity index (χ1n) is 9.99. The van der Waals surface area contributed by atoms with Crippen LogP contribution in [-0.4, -0.2) is 45.0 Å². The van der Waals surface area contributed by atoms with Crippen molar-refractivity contribution in [2.45, 2.75) is 46.3 Å². The SMILES string of the molecule is COc1ccc(CN2C(=O)N(c3cnn(CC(C(C)=N)=C(C)P)c3)C(=O)C2(C)C)cc1F. The average molecular weight is 459 g/mol. The molecular weight excluding hydrogens is 432 g/mol. The molecule has 1 aliphatic rings. The molecule has 0 aliphatic carbocycles. The van der Waals surface area contributed by atoms with Gasteiger partial charge in [-0.25, -0.2) is 14.1 Å². The summed E-state index contributed by atoms with van der Waals surface area (Å²) in [5.41, 5.74) is 0.985. The Morgan fingerprint density at radius 3 is 2.53 bits per heavy atom. The van der Waals surface area contributed by atoms with E-state index in [4.69, 9.17) is 10.1 Å². The van der Waals surface area contributed by atoms with Gasteiger partial charge in [-0.15, -0.1) is 9.24 Å². The summed E-state index contributed by atoms with van der Waals surface area (Å²) in [7, 11) is 3.96. The third-order valence-electron chi connectivity index (χ3n) is 5.51. The smallest absolute Gasteiger partial charge is 0.332 e. The van der Waals surface area contributed by atoms with Crippen LogP contribution in [0.4, 0.5) is 14.9 Å². The summed E-state index contributed by atoms with van der Waals surface area (Å²) >= 11 is 0. The van der Waals surface area contributed by atoms with Gasteiger partial charge < -0.3 is 15.0 Å². The first-order chi connectivity index (χ1) is 15.0. The van der Waals surface area contributed by atoms with Crippen molar-refractivity contribution in [3.8, 4) is 5.75 Å². The van der Waals surface area contributed by atoms with Crippen LogP contribution in [0.5, 0.6) is 5.75 Å². The number of aromatic nitrogens is 2. The minimum atomic E-state index is -1.12. The van der Waals surface area contributed by atoms with Gasteiger partial charge in [0.15, 0.2) is 11.6 Å². The first kappa shape index (κ1) is 23.6. The molecule has 8 nitrogen and oxygen atoms in total. The number of carbonyl (C=O) groups is 2. The molecule has 170 valence electrons. The topological polar surface area (TPSA) is 91.5 Å². The number of anilines is 1.